The van der Waals surface area contributed by atoms with Crippen LogP contribution in [0.1, 0.15) is 25.8 Å². The Kier molecular flexibility index (Phi) is 7.08. The van der Waals surface area contributed by atoms with Gasteiger partial charge in [-0.05, 0) is 25.5 Å². The first-order valence-corrected chi connectivity index (χ1v) is 6.78. The van der Waals surface area contributed by atoms with E-state index in [1.165, 1.54) is 6.21 Å². The number of methoxy groups -OCH3 is 2. The smallest absolute Gasteiger partial charge is 0.260 e. The van der Waals surface area contributed by atoms with Gasteiger partial charge in [0.1, 0.15) is 0 Å². The van der Waals surface area contributed by atoms with Gasteiger partial charge in [-0.2, -0.15) is 0 Å². The third kappa shape index (κ3) is 5.33. The lowest BCUT2D eigenvalue weighted by Gasteiger charge is -2.10. The predicted molar refractivity (Wildman–Crippen MR) is 81.0 cm³/mol. The fourth-order valence-corrected chi connectivity index (χ4v) is 1.62. The Morgan fingerprint density at radius 1 is 1.38 bits per heavy atom. The van der Waals surface area contributed by atoms with Crippen LogP contribution in [0.2, 0.25) is 0 Å². The monoisotopic (exact) mass is 294 g/mol. The summed E-state index contributed by atoms with van der Waals surface area (Å²) < 4.78 is 10.4. The maximum absolute atomic E-state index is 11.5. The van der Waals surface area contributed by atoms with E-state index < -0.39 is 0 Å². The standard InChI is InChI=1S/C15H22N2O4/c1-5-11(2)17-14(18)10-21-16-9-12-7-6-8-13(19-3)15(12)20-4/h6-9,11H,5,10H2,1-4H3,(H,17,18)/b16-9-/t11-/m1/s1. The summed E-state index contributed by atoms with van der Waals surface area (Å²) in [5.41, 5.74) is 0.708. The van der Waals surface area contributed by atoms with Crippen LogP contribution in [0.5, 0.6) is 11.5 Å². The first kappa shape index (κ1) is 16.8. The molecule has 6 heteroatoms. The lowest BCUT2D eigenvalue weighted by molar-refractivity contribution is -0.126. The molecule has 116 valence electrons. The zero-order valence-corrected chi connectivity index (χ0v) is 12.9. The summed E-state index contributed by atoms with van der Waals surface area (Å²) >= 11 is 0. The zero-order valence-electron chi connectivity index (χ0n) is 12.9. The summed E-state index contributed by atoms with van der Waals surface area (Å²) in [6.45, 7) is 3.81. The molecule has 0 bridgehead atoms. The van der Waals surface area contributed by atoms with Gasteiger partial charge in [0.15, 0.2) is 18.1 Å². The van der Waals surface area contributed by atoms with Gasteiger partial charge >= 0.3 is 0 Å². The Morgan fingerprint density at radius 2 is 2.14 bits per heavy atom. The number of amides is 1. The van der Waals surface area contributed by atoms with Crippen LogP contribution in [-0.2, 0) is 9.63 Å². The molecule has 0 saturated carbocycles. The second kappa shape index (κ2) is 8.84. The van der Waals surface area contributed by atoms with E-state index in [2.05, 4.69) is 10.5 Å². The summed E-state index contributed by atoms with van der Waals surface area (Å²) in [7, 11) is 3.12. The molecule has 0 aliphatic carbocycles. The number of rotatable bonds is 8. The van der Waals surface area contributed by atoms with Gasteiger partial charge in [-0.3, -0.25) is 4.79 Å². The molecule has 1 amide bonds. The minimum absolute atomic E-state index is 0.118. The third-order valence-corrected chi connectivity index (χ3v) is 2.92. The molecule has 0 aliphatic rings. The summed E-state index contributed by atoms with van der Waals surface area (Å²) in [6, 6.07) is 5.55. The molecule has 0 aliphatic heterocycles. The van der Waals surface area contributed by atoms with E-state index in [0.717, 1.165) is 6.42 Å². The average molecular weight is 294 g/mol. The second-order valence-corrected chi connectivity index (χ2v) is 4.47. The van der Waals surface area contributed by atoms with Gasteiger partial charge in [0.25, 0.3) is 5.91 Å². The Morgan fingerprint density at radius 3 is 2.76 bits per heavy atom. The number of oxime groups is 1. The predicted octanol–water partition coefficient (Wildman–Crippen LogP) is 1.97. The van der Waals surface area contributed by atoms with Gasteiger partial charge in [0, 0.05) is 11.6 Å². The SMILES string of the molecule is CC[C@@H](C)NC(=O)CO/N=C\c1cccc(OC)c1OC. The summed E-state index contributed by atoms with van der Waals surface area (Å²) in [6.07, 6.45) is 2.36. The molecule has 1 aromatic rings. The average Bonchev–Trinajstić information content (AvgIpc) is 2.50. The van der Waals surface area contributed by atoms with E-state index in [1.54, 1.807) is 20.3 Å². The number of benzene rings is 1. The summed E-state index contributed by atoms with van der Waals surface area (Å²) in [5.74, 6) is 0.978. The lowest BCUT2D eigenvalue weighted by atomic mass is 10.2. The molecule has 0 unspecified atom stereocenters. The number of ether oxygens (including phenoxy) is 2. The molecule has 1 aromatic carbocycles. The van der Waals surface area contributed by atoms with Crippen molar-refractivity contribution in [3.63, 3.8) is 0 Å². The van der Waals surface area contributed by atoms with Gasteiger partial charge in [-0.15, -0.1) is 0 Å². The molecule has 0 saturated heterocycles. The molecule has 0 spiro atoms. The highest BCUT2D eigenvalue weighted by atomic mass is 16.6. The van der Waals surface area contributed by atoms with Crippen LogP contribution < -0.4 is 14.8 Å². The first-order valence-electron chi connectivity index (χ1n) is 6.78. The van der Waals surface area contributed by atoms with Gasteiger partial charge in [0.05, 0.1) is 20.4 Å². The molecular weight excluding hydrogens is 272 g/mol. The topological polar surface area (TPSA) is 69.2 Å². The van der Waals surface area contributed by atoms with E-state index in [-0.39, 0.29) is 18.6 Å². The molecule has 0 radical (unpaired) electrons. The molecule has 1 N–H and O–H groups in total. The number of hydrogen-bond acceptors (Lipinski definition) is 5. The number of hydrogen-bond donors (Lipinski definition) is 1. The Hall–Kier alpha value is -2.24. The van der Waals surface area contributed by atoms with Gasteiger partial charge < -0.3 is 19.6 Å². The quantitative estimate of drug-likeness (QED) is 0.588. The number of para-hydroxylation sites is 1. The number of nitrogens with zero attached hydrogens (tertiary/aromatic N) is 1. The van der Waals surface area contributed by atoms with Crippen LogP contribution in [0.3, 0.4) is 0 Å². The Balaban J connectivity index is 2.56. The Bertz CT molecular complexity index is 489. The number of carbonyl (C=O) groups is 1. The van der Waals surface area contributed by atoms with Crippen molar-refractivity contribution in [2.75, 3.05) is 20.8 Å². The summed E-state index contributed by atoms with van der Waals surface area (Å²) in [4.78, 5) is 16.5. The number of carbonyl (C=O) groups excluding carboxylic acids is 1. The van der Waals surface area contributed by atoms with Crippen molar-refractivity contribution in [3.8, 4) is 11.5 Å². The van der Waals surface area contributed by atoms with Crippen molar-refractivity contribution in [2.24, 2.45) is 5.16 Å². The van der Waals surface area contributed by atoms with E-state index >= 15 is 0 Å². The summed E-state index contributed by atoms with van der Waals surface area (Å²) in [5, 5.41) is 6.56. The molecular formula is C15H22N2O4. The molecule has 0 aromatic heterocycles. The molecule has 21 heavy (non-hydrogen) atoms. The van der Waals surface area contributed by atoms with E-state index in [9.17, 15) is 4.79 Å². The minimum atomic E-state index is -0.195. The van der Waals surface area contributed by atoms with Gasteiger partial charge in [0.2, 0.25) is 0 Å². The van der Waals surface area contributed by atoms with E-state index in [0.29, 0.717) is 17.1 Å². The van der Waals surface area contributed by atoms with Crippen LogP contribution >= 0.6 is 0 Å². The normalized spacial score (nSPS) is 12.0. The van der Waals surface area contributed by atoms with Crippen LogP contribution in [0.25, 0.3) is 0 Å². The molecule has 1 rings (SSSR count). The minimum Gasteiger partial charge on any atom is -0.493 e. The number of nitrogens with one attached hydrogen (secondary N) is 1. The maximum Gasteiger partial charge on any atom is 0.260 e. The van der Waals surface area contributed by atoms with Crippen molar-refractivity contribution in [1.82, 2.24) is 5.32 Å². The molecule has 6 nitrogen and oxygen atoms in total. The van der Waals surface area contributed by atoms with Crippen LogP contribution in [-0.4, -0.2) is 39.0 Å². The highest BCUT2D eigenvalue weighted by Crippen LogP contribution is 2.29. The van der Waals surface area contributed by atoms with Crippen molar-refractivity contribution < 1.29 is 19.1 Å². The van der Waals surface area contributed by atoms with Crippen molar-refractivity contribution in [2.45, 2.75) is 26.3 Å². The first-order chi connectivity index (χ1) is 10.1. The van der Waals surface area contributed by atoms with Gasteiger partial charge in [-0.1, -0.05) is 18.1 Å². The van der Waals surface area contributed by atoms with Gasteiger partial charge in [-0.25, -0.2) is 0 Å². The fraction of sp³-hybridized carbons (Fsp3) is 0.467. The zero-order chi connectivity index (χ0) is 15.7. The molecule has 0 fully saturated rings. The second-order valence-electron chi connectivity index (χ2n) is 4.47. The van der Waals surface area contributed by atoms with E-state index in [1.807, 2.05) is 26.0 Å². The third-order valence-electron chi connectivity index (χ3n) is 2.92. The molecule has 0 heterocycles. The van der Waals surface area contributed by atoms with Crippen molar-refractivity contribution in [1.29, 1.82) is 0 Å². The van der Waals surface area contributed by atoms with Crippen LogP contribution in [0, 0.1) is 0 Å². The lowest BCUT2D eigenvalue weighted by Crippen LogP contribution is -2.34. The van der Waals surface area contributed by atoms with Crippen molar-refractivity contribution in [3.05, 3.63) is 23.8 Å². The fourth-order valence-electron chi connectivity index (χ4n) is 1.62. The maximum atomic E-state index is 11.5. The highest BCUT2D eigenvalue weighted by molar-refractivity contribution is 5.84. The van der Waals surface area contributed by atoms with Crippen molar-refractivity contribution >= 4 is 12.1 Å². The molecule has 1 atom stereocenters. The van der Waals surface area contributed by atoms with Crippen LogP contribution in [0.4, 0.5) is 0 Å². The van der Waals surface area contributed by atoms with Crippen LogP contribution in [0.15, 0.2) is 23.4 Å². The Labute approximate surface area is 125 Å². The largest absolute Gasteiger partial charge is 0.493 e. The van der Waals surface area contributed by atoms with E-state index in [4.69, 9.17) is 14.3 Å². The highest BCUT2D eigenvalue weighted by Gasteiger charge is 2.08.